The van der Waals surface area contributed by atoms with E-state index in [2.05, 4.69) is 10.2 Å². The van der Waals surface area contributed by atoms with Crippen molar-refractivity contribution < 1.29 is 23.5 Å². The molecule has 2 heterocycles. The summed E-state index contributed by atoms with van der Waals surface area (Å²) in [5, 5.41) is 2.84. The maximum absolute atomic E-state index is 13.1. The van der Waals surface area contributed by atoms with Crippen molar-refractivity contribution in [2.75, 3.05) is 58.4 Å². The summed E-state index contributed by atoms with van der Waals surface area (Å²) < 4.78 is 16.1. The summed E-state index contributed by atoms with van der Waals surface area (Å²) in [6.07, 6.45) is 4.02. The summed E-state index contributed by atoms with van der Waals surface area (Å²) in [4.78, 5) is 29.6. The van der Waals surface area contributed by atoms with Crippen molar-refractivity contribution in [2.45, 2.75) is 12.5 Å². The molecule has 1 saturated heterocycles. The quantitative estimate of drug-likeness (QED) is 0.550. The number of ether oxygens (including phenoxy) is 2. The van der Waals surface area contributed by atoms with Crippen LogP contribution < -0.4 is 14.8 Å². The first-order valence-corrected chi connectivity index (χ1v) is 12.1. The third kappa shape index (κ3) is 6.93. The standard InChI is InChI=1S/C23H31N3O5S/c1-29-18-5-7-19(8-6-18)30-16-14-25-10-12-26(13-11-25)23(28)20(9-17-32-2)24-22(27)21-4-3-15-31-21/h3-8,15,20H,9-14,16-17H2,1-2H3,(H,24,27). The van der Waals surface area contributed by atoms with E-state index in [0.717, 1.165) is 36.9 Å². The topological polar surface area (TPSA) is 84.3 Å². The van der Waals surface area contributed by atoms with Gasteiger partial charge in [0.25, 0.3) is 5.91 Å². The molecule has 0 bridgehead atoms. The molecule has 1 atom stereocenters. The number of thioether (sulfide) groups is 1. The van der Waals surface area contributed by atoms with E-state index >= 15 is 0 Å². The van der Waals surface area contributed by atoms with E-state index in [0.29, 0.717) is 26.1 Å². The molecule has 1 unspecified atom stereocenters. The predicted molar refractivity (Wildman–Crippen MR) is 124 cm³/mol. The molecule has 9 heteroatoms. The van der Waals surface area contributed by atoms with Gasteiger partial charge < -0.3 is 24.1 Å². The van der Waals surface area contributed by atoms with Crippen molar-refractivity contribution in [1.29, 1.82) is 0 Å². The van der Waals surface area contributed by atoms with E-state index in [1.54, 1.807) is 31.0 Å². The number of carbonyl (C=O) groups is 2. The van der Waals surface area contributed by atoms with Gasteiger partial charge in [-0.15, -0.1) is 0 Å². The zero-order chi connectivity index (χ0) is 22.8. The van der Waals surface area contributed by atoms with Gasteiger partial charge in [-0.25, -0.2) is 0 Å². The minimum Gasteiger partial charge on any atom is -0.497 e. The van der Waals surface area contributed by atoms with Gasteiger partial charge in [-0.05, 0) is 54.8 Å². The largest absolute Gasteiger partial charge is 0.497 e. The fraction of sp³-hybridized carbons (Fsp3) is 0.478. The number of hydrogen-bond acceptors (Lipinski definition) is 7. The molecule has 8 nitrogen and oxygen atoms in total. The summed E-state index contributed by atoms with van der Waals surface area (Å²) >= 11 is 1.65. The third-order valence-electron chi connectivity index (χ3n) is 5.38. The van der Waals surface area contributed by atoms with E-state index in [4.69, 9.17) is 13.9 Å². The number of furan rings is 1. The van der Waals surface area contributed by atoms with E-state index < -0.39 is 6.04 Å². The molecule has 32 heavy (non-hydrogen) atoms. The Hall–Kier alpha value is -2.65. The highest BCUT2D eigenvalue weighted by molar-refractivity contribution is 7.98. The average Bonchev–Trinajstić information content (AvgIpc) is 3.37. The molecular formula is C23H31N3O5S. The number of methoxy groups -OCH3 is 1. The van der Waals surface area contributed by atoms with Crippen molar-refractivity contribution in [1.82, 2.24) is 15.1 Å². The summed E-state index contributed by atoms with van der Waals surface area (Å²) in [5.74, 6) is 2.22. The molecular weight excluding hydrogens is 430 g/mol. The lowest BCUT2D eigenvalue weighted by Gasteiger charge is -2.36. The molecule has 1 aromatic carbocycles. The molecule has 1 N–H and O–H groups in total. The smallest absolute Gasteiger partial charge is 0.287 e. The molecule has 0 spiro atoms. The van der Waals surface area contributed by atoms with E-state index in [9.17, 15) is 9.59 Å². The predicted octanol–water partition coefficient (Wildman–Crippen LogP) is 2.36. The van der Waals surface area contributed by atoms with E-state index in [1.807, 2.05) is 35.4 Å². The number of carbonyl (C=O) groups excluding carboxylic acids is 2. The van der Waals surface area contributed by atoms with Crippen LogP contribution in [0.4, 0.5) is 0 Å². The van der Waals surface area contributed by atoms with Gasteiger partial charge in [-0.1, -0.05) is 0 Å². The molecule has 1 aromatic heterocycles. The van der Waals surface area contributed by atoms with E-state index in [-0.39, 0.29) is 17.6 Å². The number of hydrogen-bond donors (Lipinski definition) is 1. The van der Waals surface area contributed by atoms with Gasteiger partial charge in [-0.2, -0.15) is 11.8 Å². The second kappa shape index (κ2) is 12.4. The second-order valence-electron chi connectivity index (χ2n) is 7.48. The molecule has 0 radical (unpaired) electrons. The Morgan fingerprint density at radius 2 is 1.84 bits per heavy atom. The molecule has 1 aliphatic heterocycles. The number of nitrogens with zero attached hydrogens (tertiary/aromatic N) is 2. The van der Waals surface area contributed by atoms with Crippen LogP contribution in [0.1, 0.15) is 17.0 Å². The Morgan fingerprint density at radius 3 is 2.47 bits per heavy atom. The van der Waals surface area contributed by atoms with Crippen LogP contribution in [-0.2, 0) is 4.79 Å². The molecule has 1 aliphatic rings. The van der Waals surface area contributed by atoms with Gasteiger partial charge >= 0.3 is 0 Å². The van der Waals surface area contributed by atoms with E-state index in [1.165, 1.54) is 6.26 Å². The number of amides is 2. The Labute approximate surface area is 193 Å². The molecule has 3 rings (SSSR count). The molecule has 0 aliphatic carbocycles. The zero-order valence-corrected chi connectivity index (χ0v) is 19.4. The Bertz CT molecular complexity index is 836. The fourth-order valence-electron chi connectivity index (χ4n) is 3.51. The first-order valence-electron chi connectivity index (χ1n) is 10.7. The second-order valence-corrected chi connectivity index (χ2v) is 8.46. The number of rotatable bonds is 11. The maximum Gasteiger partial charge on any atom is 0.287 e. The summed E-state index contributed by atoms with van der Waals surface area (Å²) in [5.41, 5.74) is 0. The Morgan fingerprint density at radius 1 is 1.12 bits per heavy atom. The highest BCUT2D eigenvalue weighted by Crippen LogP contribution is 2.17. The van der Waals surface area contributed by atoms with Crippen molar-refractivity contribution >= 4 is 23.6 Å². The monoisotopic (exact) mass is 461 g/mol. The lowest BCUT2D eigenvalue weighted by atomic mass is 10.1. The fourth-order valence-corrected chi connectivity index (χ4v) is 3.98. The molecule has 0 saturated carbocycles. The molecule has 2 amide bonds. The molecule has 2 aromatic rings. The lowest BCUT2D eigenvalue weighted by Crippen LogP contribution is -2.55. The first-order chi connectivity index (χ1) is 15.6. The first kappa shape index (κ1) is 24.0. The SMILES string of the molecule is COc1ccc(OCCN2CCN(C(=O)C(CCSC)NC(=O)c3ccco3)CC2)cc1. The van der Waals surface area contributed by atoms with Gasteiger partial charge in [0.05, 0.1) is 13.4 Å². The van der Waals surface area contributed by atoms with Crippen LogP contribution in [0.25, 0.3) is 0 Å². The van der Waals surface area contributed by atoms with Crippen molar-refractivity contribution in [3.05, 3.63) is 48.4 Å². The van der Waals surface area contributed by atoms with Gasteiger partial charge in [-0.3, -0.25) is 14.5 Å². The van der Waals surface area contributed by atoms with Crippen LogP contribution in [0.15, 0.2) is 47.1 Å². The highest BCUT2D eigenvalue weighted by atomic mass is 32.2. The molecule has 174 valence electrons. The van der Waals surface area contributed by atoms with Crippen LogP contribution in [0, 0.1) is 0 Å². The van der Waals surface area contributed by atoms with Gasteiger partial charge in [0.1, 0.15) is 24.1 Å². The number of nitrogens with one attached hydrogen (secondary N) is 1. The van der Waals surface area contributed by atoms with Crippen molar-refractivity contribution in [3.8, 4) is 11.5 Å². The molecule has 1 fully saturated rings. The normalized spacial score (nSPS) is 15.2. The Balaban J connectivity index is 1.44. The minimum atomic E-state index is -0.551. The van der Waals surface area contributed by atoms with Crippen LogP contribution in [0.5, 0.6) is 11.5 Å². The van der Waals surface area contributed by atoms with Gasteiger partial charge in [0.2, 0.25) is 5.91 Å². The minimum absolute atomic E-state index is 0.0342. The third-order valence-corrected chi connectivity index (χ3v) is 6.02. The zero-order valence-electron chi connectivity index (χ0n) is 18.6. The average molecular weight is 462 g/mol. The highest BCUT2D eigenvalue weighted by Gasteiger charge is 2.29. The van der Waals surface area contributed by atoms with Crippen LogP contribution >= 0.6 is 11.8 Å². The Kier molecular flexibility index (Phi) is 9.30. The number of benzene rings is 1. The lowest BCUT2D eigenvalue weighted by molar-refractivity contribution is -0.135. The van der Waals surface area contributed by atoms with Crippen LogP contribution in [-0.4, -0.2) is 86.1 Å². The van der Waals surface area contributed by atoms with Crippen molar-refractivity contribution in [2.24, 2.45) is 0 Å². The summed E-state index contributed by atoms with van der Waals surface area (Å²) in [6, 6.07) is 10.2. The van der Waals surface area contributed by atoms with Gasteiger partial charge in [0, 0.05) is 32.7 Å². The summed E-state index contributed by atoms with van der Waals surface area (Å²) in [6.45, 7) is 4.19. The van der Waals surface area contributed by atoms with Gasteiger partial charge in [0.15, 0.2) is 5.76 Å². The maximum atomic E-state index is 13.1. The van der Waals surface area contributed by atoms with Crippen LogP contribution in [0.3, 0.4) is 0 Å². The van der Waals surface area contributed by atoms with Crippen molar-refractivity contribution in [3.63, 3.8) is 0 Å². The number of piperazine rings is 1. The van der Waals surface area contributed by atoms with Crippen LogP contribution in [0.2, 0.25) is 0 Å². The summed E-state index contributed by atoms with van der Waals surface area (Å²) in [7, 11) is 1.64.